The molecular formula is C10H15N3. The van der Waals surface area contributed by atoms with E-state index in [1.807, 2.05) is 6.20 Å². The number of nitrogens with one attached hydrogen (secondary N) is 2. The molecule has 1 aliphatic heterocycles. The van der Waals surface area contributed by atoms with Gasteiger partial charge in [-0.2, -0.15) is 5.10 Å². The summed E-state index contributed by atoms with van der Waals surface area (Å²) in [5.41, 5.74) is 1.41. The van der Waals surface area contributed by atoms with E-state index in [4.69, 9.17) is 0 Å². The van der Waals surface area contributed by atoms with Crippen LogP contribution in [0.5, 0.6) is 0 Å². The van der Waals surface area contributed by atoms with Gasteiger partial charge >= 0.3 is 0 Å². The first-order chi connectivity index (χ1) is 6.43. The van der Waals surface area contributed by atoms with Crippen LogP contribution in [0.2, 0.25) is 0 Å². The summed E-state index contributed by atoms with van der Waals surface area (Å²) in [6.45, 7) is 1.21. The van der Waals surface area contributed by atoms with Crippen LogP contribution in [-0.4, -0.2) is 22.8 Å². The van der Waals surface area contributed by atoms with E-state index in [0.29, 0.717) is 0 Å². The van der Waals surface area contributed by atoms with Gasteiger partial charge in [-0.1, -0.05) is 0 Å². The SMILES string of the molecule is c1n[nH]cc1C1CC2CC1CCN2. The molecule has 1 aromatic heterocycles. The van der Waals surface area contributed by atoms with Gasteiger partial charge in [0.15, 0.2) is 0 Å². The fourth-order valence-corrected chi connectivity index (χ4v) is 2.96. The number of hydrogen-bond acceptors (Lipinski definition) is 2. The molecule has 3 unspecified atom stereocenters. The Bertz CT molecular complexity index is 280. The lowest BCUT2D eigenvalue weighted by Gasteiger charge is -2.21. The summed E-state index contributed by atoms with van der Waals surface area (Å²) >= 11 is 0. The average Bonchev–Trinajstić information content (AvgIpc) is 2.74. The second-order valence-corrected chi connectivity index (χ2v) is 4.31. The van der Waals surface area contributed by atoms with Crippen LogP contribution in [0.15, 0.2) is 12.4 Å². The average molecular weight is 177 g/mol. The molecule has 0 amide bonds. The number of H-pyrrole nitrogens is 1. The maximum Gasteiger partial charge on any atom is 0.0522 e. The molecule has 1 saturated carbocycles. The van der Waals surface area contributed by atoms with Crippen LogP contribution in [0.3, 0.4) is 0 Å². The van der Waals surface area contributed by atoms with E-state index >= 15 is 0 Å². The smallest absolute Gasteiger partial charge is 0.0522 e. The highest BCUT2D eigenvalue weighted by Gasteiger charge is 2.37. The van der Waals surface area contributed by atoms with Crippen molar-refractivity contribution < 1.29 is 0 Å². The Labute approximate surface area is 77.9 Å². The number of aromatic nitrogens is 2. The first-order valence-corrected chi connectivity index (χ1v) is 5.15. The molecule has 3 atom stereocenters. The summed E-state index contributed by atoms with van der Waals surface area (Å²) < 4.78 is 0. The minimum atomic E-state index is 0.763. The van der Waals surface area contributed by atoms with Crippen LogP contribution in [0, 0.1) is 5.92 Å². The van der Waals surface area contributed by atoms with E-state index in [2.05, 4.69) is 21.7 Å². The molecule has 1 aromatic rings. The molecule has 2 bridgehead atoms. The molecule has 13 heavy (non-hydrogen) atoms. The van der Waals surface area contributed by atoms with Gasteiger partial charge in [0.25, 0.3) is 0 Å². The fraction of sp³-hybridized carbons (Fsp3) is 0.700. The van der Waals surface area contributed by atoms with Gasteiger partial charge in [-0.3, -0.25) is 5.10 Å². The molecule has 2 aliphatic rings. The highest BCUT2D eigenvalue weighted by molar-refractivity contribution is 5.16. The number of fused-ring (bicyclic) bond motifs is 2. The van der Waals surface area contributed by atoms with E-state index in [9.17, 15) is 0 Å². The van der Waals surface area contributed by atoms with Gasteiger partial charge in [-0.15, -0.1) is 0 Å². The van der Waals surface area contributed by atoms with E-state index in [0.717, 1.165) is 17.9 Å². The van der Waals surface area contributed by atoms with Crippen LogP contribution >= 0.6 is 0 Å². The zero-order valence-electron chi connectivity index (χ0n) is 7.66. The van der Waals surface area contributed by atoms with E-state index in [1.165, 1.54) is 31.4 Å². The van der Waals surface area contributed by atoms with Crippen molar-refractivity contribution in [3.63, 3.8) is 0 Å². The molecule has 0 radical (unpaired) electrons. The van der Waals surface area contributed by atoms with Crippen molar-refractivity contribution in [2.45, 2.75) is 31.2 Å². The molecule has 3 nitrogen and oxygen atoms in total. The normalized spacial score (nSPS) is 38.0. The van der Waals surface area contributed by atoms with E-state index in [1.54, 1.807) is 0 Å². The van der Waals surface area contributed by atoms with Gasteiger partial charge in [0.1, 0.15) is 0 Å². The largest absolute Gasteiger partial charge is 0.314 e. The summed E-state index contributed by atoms with van der Waals surface area (Å²) in [4.78, 5) is 0. The predicted octanol–water partition coefficient (Wildman–Crippen LogP) is 1.27. The maximum absolute atomic E-state index is 4.04. The molecule has 70 valence electrons. The standard InChI is InChI=1S/C10H15N3/c1-2-11-9-3-7(1)10(4-9)8-5-12-13-6-8/h5-7,9-11H,1-4H2,(H,12,13). The van der Waals surface area contributed by atoms with Crippen LogP contribution in [-0.2, 0) is 0 Å². The summed E-state index contributed by atoms with van der Waals surface area (Å²) in [5, 5.41) is 10.5. The summed E-state index contributed by atoms with van der Waals surface area (Å²) in [5.74, 6) is 1.67. The third-order valence-corrected chi connectivity index (χ3v) is 3.59. The lowest BCUT2D eigenvalue weighted by Crippen LogP contribution is -2.31. The van der Waals surface area contributed by atoms with Crippen molar-refractivity contribution in [3.05, 3.63) is 18.0 Å². The van der Waals surface area contributed by atoms with Gasteiger partial charge < -0.3 is 5.32 Å². The van der Waals surface area contributed by atoms with Crippen molar-refractivity contribution >= 4 is 0 Å². The van der Waals surface area contributed by atoms with Crippen LogP contribution < -0.4 is 5.32 Å². The highest BCUT2D eigenvalue weighted by Crippen LogP contribution is 2.43. The Hall–Kier alpha value is -0.830. The minimum Gasteiger partial charge on any atom is -0.314 e. The minimum absolute atomic E-state index is 0.763. The highest BCUT2D eigenvalue weighted by atomic mass is 15.1. The van der Waals surface area contributed by atoms with Gasteiger partial charge in [0, 0.05) is 12.2 Å². The van der Waals surface area contributed by atoms with Crippen molar-refractivity contribution in [2.24, 2.45) is 5.92 Å². The number of rotatable bonds is 1. The second-order valence-electron chi connectivity index (χ2n) is 4.31. The zero-order valence-corrected chi connectivity index (χ0v) is 7.66. The van der Waals surface area contributed by atoms with Gasteiger partial charge in [-0.05, 0) is 43.2 Å². The molecule has 2 N–H and O–H groups in total. The van der Waals surface area contributed by atoms with Crippen molar-refractivity contribution in [1.82, 2.24) is 15.5 Å². The van der Waals surface area contributed by atoms with Crippen LogP contribution in [0.4, 0.5) is 0 Å². The monoisotopic (exact) mass is 177 g/mol. The van der Waals surface area contributed by atoms with Crippen molar-refractivity contribution in [2.75, 3.05) is 6.54 Å². The molecular weight excluding hydrogens is 162 g/mol. The molecule has 1 saturated heterocycles. The molecule has 2 heterocycles. The summed E-state index contributed by atoms with van der Waals surface area (Å²) in [6, 6.07) is 0.777. The third kappa shape index (κ3) is 1.18. The number of aromatic amines is 1. The Morgan fingerprint density at radius 1 is 1.38 bits per heavy atom. The Morgan fingerprint density at radius 3 is 3.15 bits per heavy atom. The molecule has 0 spiro atoms. The number of hydrogen-bond donors (Lipinski definition) is 2. The second kappa shape index (κ2) is 2.84. The van der Waals surface area contributed by atoms with E-state index in [-0.39, 0.29) is 0 Å². The maximum atomic E-state index is 4.04. The fourth-order valence-electron chi connectivity index (χ4n) is 2.96. The predicted molar refractivity (Wildman–Crippen MR) is 50.5 cm³/mol. The first-order valence-electron chi connectivity index (χ1n) is 5.15. The third-order valence-electron chi connectivity index (χ3n) is 3.59. The van der Waals surface area contributed by atoms with E-state index < -0.39 is 0 Å². The molecule has 3 rings (SSSR count). The lowest BCUT2D eigenvalue weighted by molar-refractivity contribution is 0.377. The van der Waals surface area contributed by atoms with Gasteiger partial charge in [-0.25, -0.2) is 0 Å². The number of nitrogens with zero attached hydrogens (tertiary/aromatic N) is 1. The van der Waals surface area contributed by atoms with Crippen molar-refractivity contribution in [1.29, 1.82) is 0 Å². The lowest BCUT2D eigenvalue weighted by atomic mass is 9.88. The summed E-state index contributed by atoms with van der Waals surface area (Å²) in [7, 11) is 0. The Morgan fingerprint density at radius 2 is 2.38 bits per heavy atom. The van der Waals surface area contributed by atoms with Gasteiger partial charge in [0.2, 0.25) is 0 Å². The van der Waals surface area contributed by atoms with Crippen molar-refractivity contribution in [3.8, 4) is 0 Å². The quantitative estimate of drug-likeness (QED) is 0.678. The summed E-state index contributed by atoms with van der Waals surface area (Å²) in [6.07, 6.45) is 8.07. The van der Waals surface area contributed by atoms with Gasteiger partial charge in [0.05, 0.1) is 6.20 Å². The topological polar surface area (TPSA) is 40.7 Å². The molecule has 1 aliphatic carbocycles. The first kappa shape index (κ1) is 7.56. The van der Waals surface area contributed by atoms with Crippen LogP contribution in [0.1, 0.15) is 30.7 Å². The number of piperidine rings is 1. The Kier molecular flexibility index (Phi) is 1.65. The van der Waals surface area contributed by atoms with Crippen LogP contribution in [0.25, 0.3) is 0 Å². The Balaban J connectivity index is 1.86. The molecule has 3 heteroatoms. The molecule has 0 aromatic carbocycles. The zero-order chi connectivity index (χ0) is 8.67. The molecule has 2 fully saturated rings.